The third kappa shape index (κ3) is 4.72. The Morgan fingerprint density at radius 2 is 1.78 bits per heavy atom. The summed E-state index contributed by atoms with van der Waals surface area (Å²) in [5, 5.41) is 7.58. The number of hydrogen-bond donors (Lipinski definition) is 1. The molecule has 4 rings (SSSR count). The molecule has 0 radical (unpaired) electrons. The summed E-state index contributed by atoms with van der Waals surface area (Å²) in [4.78, 5) is 26.6. The Hall–Kier alpha value is -3.48. The standard InChI is InChI=1S/C25H27FN4O2/c1-25(2,3)21-15-22(30(28-21)20-12-10-19(26)11-13-20)27-24(32)18-8-6-17(7-9-18)16-29-14-4-5-23(29)31/h6-13,15H,4-5,14,16H2,1-3H3,(H,27,32). The van der Waals surface area contributed by atoms with Crippen molar-refractivity contribution in [2.45, 2.75) is 45.6 Å². The Morgan fingerprint density at radius 1 is 1.09 bits per heavy atom. The van der Waals surface area contributed by atoms with Gasteiger partial charge in [-0.1, -0.05) is 32.9 Å². The van der Waals surface area contributed by atoms with Gasteiger partial charge in [0, 0.05) is 36.6 Å². The average molecular weight is 435 g/mol. The zero-order valence-corrected chi connectivity index (χ0v) is 18.6. The van der Waals surface area contributed by atoms with Crippen molar-refractivity contribution in [2.75, 3.05) is 11.9 Å². The molecule has 1 saturated heterocycles. The first-order valence-corrected chi connectivity index (χ1v) is 10.8. The number of hydrogen-bond acceptors (Lipinski definition) is 3. The van der Waals surface area contributed by atoms with E-state index in [1.807, 2.05) is 43.9 Å². The molecule has 1 aromatic heterocycles. The lowest BCUT2D eigenvalue weighted by Crippen LogP contribution is -2.23. The lowest BCUT2D eigenvalue weighted by molar-refractivity contribution is -0.128. The molecule has 166 valence electrons. The quantitative estimate of drug-likeness (QED) is 0.634. The summed E-state index contributed by atoms with van der Waals surface area (Å²) < 4.78 is 15.0. The van der Waals surface area contributed by atoms with Crippen molar-refractivity contribution in [1.29, 1.82) is 0 Å². The molecule has 7 heteroatoms. The number of anilines is 1. The third-order valence-electron chi connectivity index (χ3n) is 5.55. The predicted molar refractivity (Wildman–Crippen MR) is 121 cm³/mol. The minimum Gasteiger partial charge on any atom is -0.338 e. The van der Waals surface area contributed by atoms with Gasteiger partial charge in [-0.25, -0.2) is 9.07 Å². The summed E-state index contributed by atoms with van der Waals surface area (Å²) in [6.45, 7) is 7.47. The van der Waals surface area contributed by atoms with Gasteiger partial charge >= 0.3 is 0 Å². The smallest absolute Gasteiger partial charge is 0.256 e. The molecule has 0 bridgehead atoms. The predicted octanol–water partition coefficient (Wildman–Crippen LogP) is 4.68. The summed E-state index contributed by atoms with van der Waals surface area (Å²) in [6.07, 6.45) is 1.51. The minimum absolute atomic E-state index is 0.176. The fourth-order valence-corrected chi connectivity index (χ4v) is 3.66. The number of nitrogens with one attached hydrogen (secondary N) is 1. The van der Waals surface area contributed by atoms with E-state index >= 15 is 0 Å². The molecule has 1 fully saturated rings. The van der Waals surface area contributed by atoms with Gasteiger partial charge < -0.3 is 10.2 Å². The SMILES string of the molecule is CC(C)(C)c1cc(NC(=O)c2ccc(CN3CCCC3=O)cc2)n(-c2ccc(F)cc2)n1. The molecule has 1 N–H and O–H groups in total. The number of aromatic nitrogens is 2. The average Bonchev–Trinajstić information content (AvgIpc) is 3.35. The van der Waals surface area contributed by atoms with Gasteiger partial charge in [-0.15, -0.1) is 0 Å². The Labute approximate surface area is 187 Å². The molecule has 0 spiro atoms. The molecular weight excluding hydrogens is 407 g/mol. The number of likely N-dealkylation sites (tertiary alicyclic amines) is 1. The normalized spacial score (nSPS) is 14.1. The van der Waals surface area contributed by atoms with Crippen molar-refractivity contribution in [3.8, 4) is 5.69 Å². The van der Waals surface area contributed by atoms with Gasteiger partial charge in [0.2, 0.25) is 5.91 Å². The number of carbonyl (C=O) groups is 2. The number of nitrogens with zero attached hydrogens (tertiary/aromatic N) is 3. The van der Waals surface area contributed by atoms with E-state index in [9.17, 15) is 14.0 Å². The van der Waals surface area contributed by atoms with Crippen molar-refractivity contribution in [2.24, 2.45) is 0 Å². The van der Waals surface area contributed by atoms with Crippen molar-refractivity contribution >= 4 is 17.6 Å². The molecule has 0 saturated carbocycles. The van der Waals surface area contributed by atoms with Crippen LogP contribution in [-0.2, 0) is 16.8 Å². The van der Waals surface area contributed by atoms with Crippen LogP contribution in [0.4, 0.5) is 10.2 Å². The van der Waals surface area contributed by atoms with Gasteiger partial charge in [0.15, 0.2) is 0 Å². The van der Waals surface area contributed by atoms with Crippen LogP contribution in [0.2, 0.25) is 0 Å². The summed E-state index contributed by atoms with van der Waals surface area (Å²) in [6, 6.07) is 15.1. The fourth-order valence-electron chi connectivity index (χ4n) is 3.66. The Balaban J connectivity index is 1.55. The monoisotopic (exact) mass is 434 g/mol. The Kier molecular flexibility index (Phi) is 5.82. The molecule has 2 heterocycles. The van der Waals surface area contributed by atoms with E-state index in [2.05, 4.69) is 10.4 Å². The van der Waals surface area contributed by atoms with Crippen molar-refractivity contribution < 1.29 is 14.0 Å². The van der Waals surface area contributed by atoms with Crippen molar-refractivity contribution in [3.63, 3.8) is 0 Å². The third-order valence-corrected chi connectivity index (χ3v) is 5.55. The van der Waals surface area contributed by atoms with Gasteiger partial charge in [0.1, 0.15) is 11.6 Å². The summed E-state index contributed by atoms with van der Waals surface area (Å²) in [5.41, 5.74) is 2.73. The zero-order chi connectivity index (χ0) is 22.9. The second kappa shape index (κ2) is 8.57. The van der Waals surface area contributed by atoms with Gasteiger partial charge in [-0.2, -0.15) is 5.10 Å². The molecule has 32 heavy (non-hydrogen) atoms. The number of halogens is 1. The van der Waals surface area contributed by atoms with Crippen LogP contribution in [0.15, 0.2) is 54.6 Å². The first-order chi connectivity index (χ1) is 15.2. The topological polar surface area (TPSA) is 67.2 Å². The van der Waals surface area contributed by atoms with Crippen LogP contribution in [0.1, 0.15) is 55.2 Å². The number of amides is 2. The lowest BCUT2D eigenvalue weighted by atomic mass is 9.92. The van der Waals surface area contributed by atoms with Gasteiger partial charge in [0.05, 0.1) is 11.4 Å². The first-order valence-electron chi connectivity index (χ1n) is 10.8. The highest BCUT2D eigenvalue weighted by Crippen LogP contribution is 2.27. The highest BCUT2D eigenvalue weighted by Gasteiger charge is 2.22. The minimum atomic E-state index is -0.335. The van der Waals surface area contributed by atoms with Gasteiger partial charge in [-0.05, 0) is 48.4 Å². The fraction of sp³-hybridized carbons (Fsp3) is 0.320. The molecular formula is C25H27FN4O2. The molecule has 0 aliphatic carbocycles. The summed E-state index contributed by atoms with van der Waals surface area (Å²) >= 11 is 0. The number of rotatable bonds is 5. The molecule has 1 aliphatic rings. The zero-order valence-electron chi connectivity index (χ0n) is 18.6. The van der Waals surface area contributed by atoms with Crippen molar-refractivity contribution in [3.05, 3.63) is 77.2 Å². The Bertz CT molecular complexity index is 1130. The lowest BCUT2D eigenvalue weighted by Gasteiger charge is -2.15. The second-order valence-electron chi connectivity index (χ2n) is 9.12. The second-order valence-corrected chi connectivity index (χ2v) is 9.12. The maximum Gasteiger partial charge on any atom is 0.256 e. The molecule has 3 aromatic rings. The molecule has 6 nitrogen and oxygen atoms in total. The first kappa shape index (κ1) is 21.7. The maximum absolute atomic E-state index is 13.4. The van der Waals surface area contributed by atoms with Crippen molar-refractivity contribution in [1.82, 2.24) is 14.7 Å². The number of benzene rings is 2. The number of carbonyl (C=O) groups excluding carboxylic acids is 2. The van der Waals surface area contributed by atoms with Crippen LogP contribution in [0.5, 0.6) is 0 Å². The van der Waals surface area contributed by atoms with Crippen LogP contribution in [-0.4, -0.2) is 33.0 Å². The molecule has 1 aliphatic heterocycles. The van der Waals surface area contributed by atoms with E-state index in [0.717, 1.165) is 24.2 Å². The summed E-state index contributed by atoms with van der Waals surface area (Å²) in [5.74, 6) is 0.0876. The molecule has 2 aromatic carbocycles. The van der Waals surface area contributed by atoms with E-state index in [1.54, 1.807) is 28.9 Å². The van der Waals surface area contributed by atoms with E-state index in [4.69, 9.17) is 0 Å². The molecule has 0 atom stereocenters. The van der Waals surface area contributed by atoms with Gasteiger partial charge in [-0.3, -0.25) is 9.59 Å². The van der Waals surface area contributed by atoms with Crippen LogP contribution >= 0.6 is 0 Å². The van der Waals surface area contributed by atoms with Crippen LogP contribution in [0.25, 0.3) is 5.69 Å². The molecule has 0 unspecified atom stereocenters. The maximum atomic E-state index is 13.4. The summed E-state index contributed by atoms with van der Waals surface area (Å²) in [7, 11) is 0. The highest BCUT2D eigenvalue weighted by molar-refractivity contribution is 6.04. The highest BCUT2D eigenvalue weighted by atomic mass is 19.1. The van der Waals surface area contributed by atoms with E-state index in [0.29, 0.717) is 30.0 Å². The largest absolute Gasteiger partial charge is 0.338 e. The molecule has 2 amide bonds. The van der Waals surface area contributed by atoms with Crippen LogP contribution in [0.3, 0.4) is 0 Å². The van der Waals surface area contributed by atoms with Gasteiger partial charge in [0.25, 0.3) is 5.91 Å². The van der Waals surface area contributed by atoms with Crippen LogP contribution < -0.4 is 5.32 Å². The van der Waals surface area contributed by atoms with Crippen LogP contribution in [0, 0.1) is 5.82 Å². The van der Waals surface area contributed by atoms with E-state index < -0.39 is 0 Å². The van der Waals surface area contributed by atoms with E-state index in [1.165, 1.54) is 12.1 Å². The van der Waals surface area contributed by atoms with E-state index in [-0.39, 0.29) is 23.0 Å². The Morgan fingerprint density at radius 3 is 2.38 bits per heavy atom.